The predicted molar refractivity (Wildman–Crippen MR) is 44.7 cm³/mol. The van der Waals surface area contributed by atoms with Crippen molar-refractivity contribution in [2.45, 2.75) is 13.8 Å². The Hall–Kier alpha value is -0.810. The predicted octanol–water partition coefficient (Wildman–Crippen LogP) is -1.22. The number of nitrogens with one attached hydrogen (secondary N) is 1. The Bertz CT molecular complexity index is 144. The number of aliphatic hydroxyl groups excluding tert-OH is 1. The third kappa shape index (κ3) is 4.58. The maximum atomic E-state index is 8.82. The zero-order valence-electron chi connectivity index (χ0n) is 6.96. The first-order valence-electron chi connectivity index (χ1n) is 3.39. The van der Waals surface area contributed by atoms with Gasteiger partial charge in [-0.2, -0.15) is 0 Å². The lowest BCUT2D eigenvalue weighted by Crippen LogP contribution is -2.38. The fourth-order valence-electron chi connectivity index (χ4n) is 0.395. The van der Waals surface area contributed by atoms with E-state index in [1.165, 1.54) is 0 Å². The molecular formula is C6H16N4O. The highest BCUT2D eigenvalue weighted by Gasteiger charge is 2.15. The van der Waals surface area contributed by atoms with E-state index in [2.05, 4.69) is 10.4 Å². The first kappa shape index (κ1) is 10.2. The van der Waals surface area contributed by atoms with E-state index in [-0.39, 0.29) is 18.0 Å². The molecule has 0 aromatic heterocycles. The molecule has 0 saturated carbocycles. The monoisotopic (exact) mass is 160 g/mol. The number of nitrogens with two attached hydrogens (primary N) is 2. The number of hydrogen-bond acceptors (Lipinski definition) is 3. The molecule has 11 heavy (non-hydrogen) atoms. The smallest absolute Gasteiger partial charge is 0.203 e. The lowest BCUT2D eigenvalue weighted by molar-refractivity contribution is 0.167. The van der Waals surface area contributed by atoms with E-state index < -0.39 is 0 Å². The third-order valence-electron chi connectivity index (χ3n) is 1.25. The lowest BCUT2D eigenvalue weighted by atomic mass is 9.95. The summed E-state index contributed by atoms with van der Waals surface area (Å²) in [7, 11) is 0. The average Bonchev–Trinajstić information content (AvgIpc) is 2.00. The second-order valence-corrected chi connectivity index (χ2v) is 3.17. The molecule has 0 spiro atoms. The van der Waals surface area contributed by atoms with Crippen LogP contribution in [0.5, 0.6) is 0 Å². The summed E-state index contributed by atoms with van der Waals surface area (Å²) in [6.45, 7) is 4.31. The van der Waals surface area contributed by atoms with Gasteiger partial charge in [0.15, 0.2) is 0 Å². The minimum Gasteiger partial charge on any atom is -0.396 e. The van der Waals surface area contributed by atoms with Crippen LogP contribution in [0.3, 0.4) is 0 Å². The largest absolute Gasteiger partial charge is 0.396 e. The van der Waals surface area contributed by atoms with Crippen LogP contribution in [0.2, 0.25) is 0 Å². The van der Waals surface area contributed by atoms with Crippen molar-refractivity contribution in [2.24, 2.45) is 22.0 Å². The van der Waals surface area contributed by atoms with Gasteiger partial charge in [-0.05, 0) is 0 Å². The minimum atomic E-state index is -0.235. The first-order chi connectivity index (χ1) is 5.02. The highest BCUT2D eigenvalue weighted by atomic mass is 16.3. The second-order valence-electron chi connectivity index (χ2n) is 3.17. The molecule has 0 aliphatic heterocycles. The maximum absolute atomic E-state index is 8.82. The number of nitrogens with zero attached hydrogens (tertiary/aromatic N) is 1. The summed E-state index contributed by atoms with van der Waals surface area (Å²) in [5.41, 5.74) is 7.24. The van der Waals surface area contributed by atoms with Gasteiger partial charge in [-0.3, -0.25) is 10.4 Å². The second kappa shape index (κ2) is 4.15. The molecule has 66 valence electrons. The minimum absolute atomic E-state index is 0.0777. The molecule has 0 rings (SSSR count). The molecule has 0 unspecified atom stereocenters. The van der Waals surface area contributed by atoms with Crippen LogP contribution in [-0.2, 0) is 0 Å². The summed E-state index contributed by atoms with van der Waals surface area (Å²) < 4.78 is 0. The molecule has 0 aromatic carbocycles. The number of hydrogen-bond donors (Lipinski definition) is 4. The Morgan fingerprint density at radius 3 is 2.55 bits per heavy atom. The number of guanidine groups is 1. The topological polar surface area (TPSA) is 96.7 Å². The summed E-state index contributed by atoms with van der Waals surface area (Å²) in [4.78, 5) is 3.88. The van der Waals surface area contributed by atoms with Crippen molar-refractivity contribution in [1.29, 1.82) is 0 Å². The summed E-state index contributed by atoms with van der Waals surface area (Å²) in [5.74, 6) is 5.16. The molecule has 0 radical (unpaired) electrons. The van der Waals surface area contributed by atoms with Gasteiger partial charge >= 0.3 is 0 Å². The zero-order chi connectivity index (χ0) is 8.91. The van der Waals surface area contributed by atoms with Gasteiger partial charge in [-0.15, -0.1) is 0 Å². The third-order valence-corrected chi connectivity index (χ3v) is 1.25. The normalized spacial score (nSPS) is 13.3. The van der Waals surface area contributed by atoms with Gasteiger partial charge in [-0.1, -0.05) is 13.8 Å². The van der Waals surface area contributed by atoms with Crippen LogP contribution >= 0.6 is 0 Å². The van der Waals surface area contributed by atoms with Crippen LogP contribution in [-0.4, -0.2) is 24.2 Å². The van der Waals surface area contributed by atoms with Crippen LogP contribution in [0, 0.1) is 5.41 Å². The van der Waals surface area contributed by atoms with Crippen molar-refractivity contribution < 1.29 is 5.11 Å². The standard InChI is InChI=1S/C6H16N4O/c1-6(2,4-11)3-9-5(7)10-8/h11H,3-4,8H2,1-2H3,(H3,7,9,10). The lowest BCUT2D eigenvalue weighted by Gasteiger charge is -2.18. The molecule has 0 aromatic rings. The van der Waals surface area contributed by atoms with E-state index in [1.807, 2.05) is 13.8 Å². The highest BCUT2D eigenvalue weighted by Crippen LogP contribution is 2.12. The van der Waals surface area contributed by atoms with Crippen LogP contribution in [0.1, 0.15) is 13.8 Å². The van der Waals surface area contributed by atoms with Gasteiger partial charge in [0, 0.05) is 12.0 Å². The Morgan fingerprint density at radius 2 is 2.18 bits per heavy atom. The van der Waals surface area contributed by atoms with Crippen LogP contribution in [0.15, 0.2) is 4.99 Å². The average molecular weight is 160 g/mol. The van der Waals surface area contributed by atoms with Crippen molar-refractivity contribution >= 4 is 5.96 Å². The first-order valence-corrected chi connectivity index (χ1v) is 3.39. The molecule has 0 heterocycles. The molecule has 0 amide bonds. The molecule has 0 saturated heterocycles. The van der Waals surface area contributed by atoms with E-state index in [0.717, 1.165) is 0 Å². The molecule has 6 N–H and O–H groups in total. The van der Waals surface area contributed by atoms with Gasteiger partial charge < -0.3 is 10.8 Å². The SMILES string of the molecule is CC(C)(CO)CN=C(N)NN. The molecule has 0 atom stereocenters. The van der Waals surface area contributed by atoms with Gasteiger partial charge in [0.05, 0.1) is 6.54 Å². The zero-order valence-corrected chi connectivity index (χ0v) is 6.96. The molecule has 5 heteroatoms. The molecular weight excluding hydrogens is 144 g/mol. The molecule has 5 nitrogen and oxygen atoms in total. The fourth-order valence-corrected chi connectivity index (χ4v) is 0.395. The number of hydrazine groups is 1. The Balaban J connectivity index is 3.86. The Kier molecular flexibility index (Phi) is 3.84. The van der Waals surface area contributed by atoms with Gasteiger partial charge in [0.25, 0.3) is 0 Å². The van der Waals surface area contributed by atoms with Crippen LogP contribution < -0.4 is 17.0 Å². The molecule has 0 bridgehead atoms. The Morgan fingerprint density at radius 1 is 1.64 bits per heavy atom. The summed E-state index contributed by atoms with van der Waals surface area (Å²) in [5, 5.41) is 8.82. The molecule has 0 aliphatic rings. The molecule has 0 aliphatic carbocycles. The van der Waals surface area contributed by atoms with Gasteiger partial charge in [0.2, 0.25) is 5.96 Å². The highest BCUT2D eigenvalue weighted by molar-refractivity contribution is 5.77. The van der Waals surface area contributed by atoms with E-state index in [0.29, 0.717) is 6.54 Å². The van der Waals surface area contributed by atoms with Gasteiger partial charge in [0.1, 0.15) is 0 Å². The van der Waals surface area contributed by atoms with Crippen LogP contribution in [0.4, 0.5) is 0 Å². The van der Waals surface area contributed by atoms with Crippen LogP contribution in [0.25, 0.3) is 0 Å². The van der Waals surface area contributed by atoms with E-state index in [4.69, 9.17) is 16.7 Å². The molecule has 0 fully saturated rings. The van der Waals surface area contributed by atoms with E-state index in [9.17, 15) is 0 Å². The summed E-state index contributed by atoms with van der Waals surface area (Å²) in [6, 6.07) is 0. The quantitative estimate of drug-likeness (QED) is 0.180. The summed E-state index contributed by atoms with van der Waals surface area (Å²) >= 11 is 0. The maximum Gasteiger partial charge on any atom is 0.203 e. The van der Waals surface area contributed by atoms with Crippen molar-refractivity contribution in [3.63, 3.8) is 0 Å². The number of rotatable bonds is 3. The van der Waals surface area contributed by atoms with Crippen molar-refractivity contribution in [3.05, 3.63) is 0 Å². The van der Waals surface area contributed by atoms with Crippen molar-refractivity contribution in [2.75, 3.05) is 13.2 Å². The number of aliphatic imine (C=N–C) groups is 1. The number of aliphatic hydroxyl groups is 1. The van der Waals surface area contributed by atoms with E-state index >= 15 is 0 Å². The summed E-state index contributed by atoms with van der Waals surface area (Å²) in [6.07, 6.45) is 0. The van der Waals surface area contributed by atoms with Gasteiger partial charge in [-0.25, -0.2) is 5.84 Å². The Labute approximate surface area is 66.5 Å². The van der Waals surface area contributed by atoms with Crippen molar-refractivity contribution in [1.82, 2.24) is 5.43 Å². The fraction of sp³-hybridized carbons (Fsp3) is 0.833. The van der Waals surface area contributed by atoms with E-state index in [1.54, 1.807) is 0 Å². The van der Waals surface area contributed by atoms with Crippen molar-refractivity contribution in [3.8, 4) is 0 Å².